The first kappa shape index (κ1) is 13.4. The van der Waals surface area contributed by atoms with Gasteiger partial charge in [0, 0.05) is 12.4 Å². The highest BCUT2D eigenvalue weighted by molar-refractivity contribution is 6.06. The second-order valence-electron chi connectivity index (χ2n) is 4.96. The number of hydrogen-bond acceptors (Lipinski definition) is 4. The largest absolute Gasteiger partial charge is 0.461 e. The summed E-state index contributed by atoms with van der Waals surface area (Å²) in [4.78, 5) is 24.1. The molecule has 0 aliphatic rings. The second kappa shape index (κ2) is 4.77. The Kier molecular flexibility index (Phi) is 3.05. The van der Waals surface area contributed by atoms with E-state index in [4.69, 9.17) is 9.15 Å². The van der Waals surface area contributed by atoms with Crippen LogP contribution in [0.2, 0.25) is 0 Å². The molecule has 0 spiro atoms. The van der Waals surface area contributed by atoms with E-state index in [1.165, 1.54) is 6.07 Å². The summed E-state index contributed by atoms with van der Waals surface area (Å²) in [6.45, 7) is 3.99. The van der Waals surface area contributed by atoms with E-state index in [-0.39, 0.29) is 6.61 Å². The number of carbonyl (C=O) groups excluding carboxylic acids is 1. The first-order chi connectivity index (χ1) is 10.0. The van der Waals surface area contributed by atoms with Gasteiger partial charge < -0.3 is 13.7 Å². The van der Waals surface area contributed by atoms with Crippen LogP contribution >= 0.6 is 0 Å². The van der Waals surface area contributed by atoms with Crippen LogP contribution < -0.4 is 5.63 Å². The summed E-state index contributed by atoms with van der Waals surface area (Å²) in [7, 11) is 1.75. The van der Waals surface area contributed by atoms with Crippen molar-refractivity contribution in [3.05, 3.63) is 45.9 Å². The minimum absolute atomic E-state index is 0.287. The summed E-state index contributed by atoms with van der Waals surface area (Å²) in [5.74, 6) is -0.448. The van der Waals surface area contributed by atoms with E-state index in [2.05, 4.69) is 0 Å². The number of aryl methyl sites for hydroxylation is 2. The Bertz CT molecular complexity index is 917. The van der Waals surface area contributed by atoms with E-state index in [1.54, 1.807) is 24.6 Å². The van der Waals surface area contributed by atoms with Crippen LogP contribution in [0.3, 0.4) is 0 Å². The van der Waals surface area contributed by atoms with Crippen molar-refractivity contribution >= 4 is 27.8 Å². The van der Waals surface area contributed by atoms with Crippen molar-refractivity contribution in [2.45, 2.75) is 13.8 Å². The van der Waals surface area contributed by atoms with Crippen molar-refractivity contribution in [2.75, 3.05) is 6.61 Å². The third-order valence-corrected chi connectivity index (χ3v) is 3.53. The molecule has 0 saturated carbocycles. The monoisotopic (exact) mass is 285 g/mol. The van der Waals surface area contributed by atoms with Gasteiger partial charge in [-0.1, -0.05) is 11.6 Å². The zero-order valence-electron chi connectivity index (χ0n) is 12.1. The highest BCUT2D eigenvalue weighted by Crippen LogP contribution is 2.26. The van der Waals surface area contributed by atoms with Crippen LogP contribution in [0.5, 0.6) is 0 Å². The van der Waals surface area contributed by atoms with Crippen molar-refractivity contribution in [3.8, 4) is 0 Å². The standard InChI is InChI=1S/C16H15NO4/c1-4-20-16(19)12-8-11-14(17(12)3)10-7-9(2)5-6-13(10)21-15(11)18/h5-8H,4H2,1-3H3. The molecule has 0 saturated heterocycles. The quantitative estimate of drug-likeness (QED) is 0.536. The molecular weight excluding hydrogens is 270 g/mol. The average molecular weight is 285 g/mol. The molecule has 0 amide bonds. The van der Waals surface area contributed by atoms with Gasteiger partial charge in [-0.2, -0.15) is 0 Å². The number of hydrogen-bond donors (Lipinski definition) is 0. The van der Waals surface area contributed by atoms with E-state index in [0.29, 0.717) is 22.2 Å². The fourth-order valence-corrected chi connectivity index (χ4v) is 2.56. The number of ether oxygens (including phenoxy) is 1. The molecule has 0 aliphatic heterocycles. The number of esters is 1. The van der Waals surface area contributed by atoms with Crippen LogP contribution in [0.25, 0.3) is 21.9 Å². The number of nitrogens with zero attached hydrogens (tertiary/aromatic N) is 1. The summed E-state index contributed by atoms with van der Waals surface area (Å²) in [6, 6.07) is 7.12. The third kappa shape index (κ3) is 2.01. The van der Waals surface area contributed by atoms with Crippen molar-refractivity contribution in [1.82, 2.24) is 4.57 Å². The molecule has 5 nitrogen and oxygen atoms in total. The zero-order valence-corrected chi connectivity index (χ0v) is 12.1. The molecule has 0 atom stereocenters. The Labute approximate surface area is 120 Å². The summed E-state index contributed by atoms with van der Waals surface area (Å²) in [5, 5.41) is 1.20. The summed E-state index contributed by atoms with van der Waals surface area (Å²) >= 11 is 0. The minimum Gasteiger partial charge on any atom is -0.461 e. The van der Waals surface area contributed by atoms with Gasteiger partial charge in [0.1, 0.15) is 11.3 Å². The van der Waals surface area contributed by atoms with Gasteiger partial charge in [-0.25, -0.2) is 9.59 Å². The molecule has 1 aromatic carbocycles. The highest BCUT2D eigenvalue weighted by Gasteiger charge is 2.19. The van der Waals surface area contributed by atoms with Crippen molar-refractivity contribution in [1.29, 1.82) is 0 Å². The molecule has 0 aliphatic carbocycles. The van der Waals surface area contributed by atoms with Crippen molar-refractivity contribution in [3.63, 3.8) is 0 Å². The summed E-state index contributed by atoms with van der Waals surface area (Å²) < 4.78 is 12.0. The van der Waals surface area contributed by atoms with Crippen LogP contribution in [0.15, 0.2) is 33.5 Å². The van der Waals surface area contributed by atoms with Crippen molar-refractivity contribution in [2.24, 2.45) is 7.05 Å². The molecule has 0 fully saturated rings. The lowest BCUT2D eigenvalue weighted by Crippen LogP contribution is -2.09. The van der Waals surface area contributed by atoms with E-state index in [1.807, 2.05) is 19.1 Å². The van der Waals surface area contributed by atoms with Gasteiger partial charge in [0.15, 0.2) is 0 Å². The van der Waals surface area contributed by atoms with Gasteiger partial charge in [-0.05, 0) is 32.0 Å². The van der Waals surface area contributed by atoms with Gasteiger partial charge in [0.25, 0.3) is 0 Å². The fourth-order valence-electron chi connectivity index (χ4n) is 2.56. The van der Waals surface area contributed by atoms with Crippen LogP contribution in [0.4, 0.5) is 0 Å². The highest BCUT2D eigenvalue weighted by atomic mass is 16.5. The first-order valence-electron chi connectivity index (χ1n) is 6.73. The predicted molar refractivity (Wildman–Crippen MR) is 79.7 cm³/mol. The predicted octanol–water partition coefficient (Wildman–Crippen LogP) is 2.77. The SMILES string of the molecule is CCOC(=O)c1cc2c(=O)oc3ccc(C)cc3c2n1C. The van der Waals surface area contributed by atoms with Crippen LogP contribution in [0.1, 0.15) is 23.0 Å². The molecule has 3 rings (SSSR count). The van der Waals surface area contributed by atoms with Gasteiger partial charge in [0.2, 0.25) is 0 Å². The molecule has 2 heterocycles. The van der Waals surface area contributed by atoms with Crippen LogP contribution in [0, 0.1) is 6.92 Å². The number of aromatic nitrogens is 1. The molecule has 0 N–H and O–H groups in total. The Morgan fingerprint density at radius 3 is 2.76 bits per heavy atom. The fraction of sp³-hybridized carbons (Fsp3) is 0.250. The Hall–Kier alpha value is -2.56. The Morgan fingerprint density at radius 1 is 1.29 bits per heavy atom. The van der Waals surface area contributed by atoms with Gasteiger partial charge in [-0.3, -0.25) is 0 Å². The molecule has 0 radical (unpaired) electrons. The number of fused-ring (bicyclic) bond motifs is 3. The molecule has 5 heteroatoms. The molecule has 0 bridgehead atoms. The van der Waals surface area contributed by atoms with Crippen LogP contribution in [-0.2, 0) is 11.8 Å². The molecule has 3 aromatic rings. The molecule has 21 heavy (non-hydrogen) atoms. The lowest BCUT2D eigenvalue weighted by Gasteiger charge is -2.05. The molecular formula is C16H15NO4. The molecule has 0 unspecified atom stereocenters. The third-order valence-electron chi connectivity index (χ3n) is 3.53. The van der Waals surface area contributed by atoms with E-state index < -0.39 is 11.6 Å². The Morgan fingerprint density at radius 2 is 2.05 bits per heavy atom. The maximum atomic E-state index is 12.1. The van der Waals surface area contributed by atoms with Gasteiger partial charge in [-0.15, -0.1) is 0 Å². The van der Waals surface area contributed by atoms with Crippen molar-refractivity contribution < 1.29 is 13.9 Å². The average Bonchev–Trinajstić information content (AvgIpc) is 2.79. The molecule has 2 aromatic heterocycles. The zero-order chi connectivity index (χ0) is 15.1. The van der Waals surface area contributed by atoms with E-state index in [0.717, 1.165) is 10.9 Å². The smallest absolute Gasteiger partial charge is 0.354 e. The summed E-state index contributed by atoms with van der Waals surface area (Å²) in [5.41, 5.74) is 2.14. The molecule has 108 valence electrons. The number of carbonyl (C=O) groups is 1. The van der Waals surface area contributed by atoms with Gasteiger partial charge >= 0.3 is 11.6 Å². The minimum atomic E-state index is -0.451. The number of rotatable bonds is 2. The Balaban J connectivity index is 2.43. The lowest BCUT2D eigenvalue weighted by atomic mass is 10.1. The lowest BCUT2D eigenvalue weighted by molar-refractivity contribution is 0.0516. The summed E-state index contributed by atoms with van der Waals surface area (Å²) in [6.07, 6.45) is 0. The van der Waals surface area contributed by atoms with E-state index >= 15 is 0 Å². The topological polar surface area (TPSA) is 61.4 Å². The van der Waals surface area contributed by atoms with Crippen LogP contribution in [-0.4, -0.2) is 17.1 Å². The maximum absolute atomic E-state index is 12.1. The van der Waals surface area contributed by atoms with E-state index in [9.17, 15) is 9.59 Å². The second-order valence-corrected chi connectivity index (χ2v) is 4.96. The number of benzene rings is 1. The maximum Gasteiger partial charge on any atom is 0.354 e. The first-order valence-corrected chi connectivity index (χ1v) is 6.73. The normalized spacial score (nSPS) is 11.2. The van der Waals surface area contributed by atoms with Gasteiger partial charge in [0.05, 0.1) is 17.5 Å².